The third-order valence-corrected chi connectivity index (χ3v) is 7.28. The maximum Gasteiger partial charge on any atom is 0.219 e. The van der Waals surface area contributed by atoms with E-state index < -0.39 is 0 Å². The molecule has 1 aromatic carbocycles. The number of hydrogen-bond acceptors (Lipinski definition) is 6. The van der Waals surface area contributed by atoms with Crippen molar-refractivity contribution in [2.45, 2.75) is 39.3 Å². The second-order valence-corrected chi connectivity index (χ2v) is 9.21. The average Bonchev–Trinajstić information content (AvgIpc) is 3.45. The van der Waals surface area contributed by atoms with Gasteiger partial charge < -0.3 is 19.9 Å². The zero-order chi connectivity index (χ0) is 21.7. The van der Waals surface area contributed by atoms with E-state index in [0.29, 0.717) is 12.4 Å². The van der Waals surface area contributed by atoms with Gasteiger partial charge >= 0.3 is 0 Å². The lowest BCUT2D eigenvalue weighted by Gasteiger charge is -2.23. The number of thiophene rings is 1. The molecule has 3 aromatic heterocycles. The van der Waals surface area contributed by atoms with Crippen LogP contribution < -0.4 is 10.5 Å². The Kier molecular flexibility index (Phi) is 4.81. The Morgan fingerprint density at radius 1 is 1.32 bits per heavy atom. The van der Waals surface area contributed by atoms with Crippen LogP contribution >= 0.6 is 11.3 Å². The molecule has 160 valence electrons. The summed E-state index contributed by atoms with van der Waals surface area (Å²) in [5.74, 6) is 1.47. The third kappa shape index (κ3) is 3.31. The summed E-state index contributed by atoms with van der Waals surface area (Å²) >= 11 is 1.68. The molecular weight excluding hydrogens is 410 g/mol. The summed E-state index contributed by atoms with van der Waals surface area (Å²) in [6.45, 7) is 5.22. The number of carbonyl (C=O) groups is 1. The molecule has 1 fully saturated rings. The van der Waals surface area contributed by atoms with Crippen LogP contribution in [0.15, 0.2) is 30.7 Å². The predicted octanol–water partition coefficient (Wildman–Crippen LogP) is 4.22. The number of aryl methyl sites for hydroxylation is 1. The van der Waals surface area contributed by atoms with Gasteiger partial charge in [-0.15, -0.1) is 11.3 Å². The molecule has 8 heteroatoms. The van der Waals surface area contributed by atoms with E-state index in [-0.39, 0.29) is 11.9 Å². The smallest absolute Gasteiger partial charge is 0.219 e. The molecule has 1 saturated heterocycles. The maximum atomic E-state index is 12.0. The topological polar surface area (TPSA) is 86.3 Å². The van der Waals surface area contributed by atoms with E-state index in [0.717, 1.165) is 62.3 Å². The van der Waals surface area contributed by atoms with Crippen molar-refractivity contribution in [3.05, 3.63) is 36.3 Å². The Balaban J connectivity index is 1.65. The number of methoxy groups -OCH3 is 1. The van der Waals surface area contributed by atoms with Gasteiger partial charge in [0.1, 0.15) is 23.5 Å². The highest BCUT2D eigenvalue weighted by molar-refractivity contribution is 7.22. The Bertz CT molecular complexity index is 1310. The number of fused-ring (bicyclic) bond motifs is 2. The van der Waals surface area contributed by atoms with Crippen molar-refractivity contribution in [2.24, 2.45) is 0 Å². The number of rotatable bonds is 4. The molecule has 0 spiro atoms. The van der Waals surface area contributed by atoms with Crippen molar-refractivity contribution < 1.29 is 9.53 Å². The fourth-order valence-corrected chi connectivity index (χ4v) is 5.84. The first-order chi connectivity index (χ1) is 15.0. The monoisotopic (exact) mass is 435 g/mol. The van der Waals surface area contributed by atoms with Crippen molar-refractivity contribution in [1.82, 2.24) is 19.4 Å². The highest BCUT2D eigenvalue weighted by Gasteiger charge is 2.28. The van der Waals surface area contributed by atoms with Gasteiger partial charge in [0, 0.05) is 42.7 Å². The van der Waals surface area contributed by atoms with Crippen LogP contribution in [-0.4, -0.2) is 45.0 Å². The Hall–Kier alpha value is -3.13. The number of likely N-dealkylation sites (tertiary alicyclic amines) is 1. The number of nitrogens with zero attached hydrogens (tertiary/aromatic N) is 4. The zero-order valence-electron chi connectivity index (χ0n) is 17.9. The quantitative estimate of drug-likeness (QED) is 0.519. The minimum atomic E-state index is 0.125. The molecular formula is C23H25N5O2S. The van der Waals surface area contributed by atoms with Crippen LogP contribution in [0.25, 0.3) is 31.6 Å². The molecule has 7 nitrogen and oxygen atoms in total. The average molecular weight is 436 g/mol. The highest BCUT2D eigenvalue weighted by Crippen LogP contribution is 2.43. The van der Waals surface area contributed by atoms with Crippen molar-refractivity contribution in [1.29, 1.82) is 0 Å². The number of carbonyl (C=O) groups excluding carboxylic acids is 1. The summed E-state index contributed by atoms with van der Waals surface area (Å²) in [6, 6.07) is 6.57. The Morgan fingerprint density at radius 3 is 2.94 bits per heavy atom. The zero-order valence-corrected chi connectivity index (χ0v) is 18.7. The van der Waals surface area contributed by atoms with Crippen LogP contribution in [0.4, 0.5) is 5.82 Å². The second kappa shape index (κ2) is 7.53. The molecule has 0 saturated carbocycles. The lowest BCUT2D eigenvalue weighted by molar-refractivity contribution is -0.129. The second-order valence-electron chi connectivity index (χ2n) is 8.16. The maximum absolute atomic E-state index is 12.0. The third-order valence-electron chi connectivity index (χ3n) is 6.08. The van der Waals surface area contributed by atoms with E-state index in [4.69, 9.17) is 10.5 Å². The molecule has 31 heavy (non-hydrogen) atoms. The number of amides is 1. The Morgan fingerprint density at radius 2 is 2.16 bits per heavy atom. The molecule has 1 unspecified atom stereocenters. The summed E-state index contributed by atoms with van der Waals surface area (Å²) in [5, 5.41) is 2.00. The molecule has 2 N–H and O–H groups in total. The number of ether oxygens (including phenoxy) is 1. The number of nitrogens with two attached hydrogens (primary N) is 1. The summed E-state index contributed by atoms with van der Waals surface area (Å²) < 4.78 is 8.85. The highest BCUT2D eigenvalue weighted by atomic mass is 32.1. The van der Waals surface area contributed by atoms with Gasteiger partial charge in [-0.25, -0.2) is 9.97 Å². The van der Waals surface area contributed by atoms with Gasteiger partial charge in [0.15, 0.2) is 0 Å². The molecule has 0 bridgehead atoms. The first-order valence-corrected chi connectivity index (χ1v) is 11.2. The van der Waals surface area contributed by atoms with Crippen LogP contribution in [0.1, 0.15) is 25.3 Å². The van der Waals surface area contributed by atoms with E-state index in [9.17, 15) is 4.79 Å². The van der Waals surface area contributed by atoms with Gasteiger partial charge in [-0.1, -0.05) is 6.07 Å². The van der Waals surface area contributed by atoms with Gasteiger partial charge in [-0.3, -0.25) is 4.79 Å². The fourth-order valence-electron chi connectivity index (χ4n) is 4.69. The molecule has 0 aliphatic carbocycles. The molecule has 4 heterocycles. The van der Waals surface area contributed by atoms with Crippen LogP contribution in [0.2, 0.25) is 0 Å². The largest absolute Gasteiger partial charge is 0.495 e. The van der Waals surface area contributed by atoms with E-state index in [2.05, 4.69) is 45.9 Å². The van der Waals surface area contributed by atoms with E-state index >= 15 is 0 Å². The van der Waals surface area contributed by atoms with Crippen LogP contribution in [0, 0.1) is 6.92 Å². The number of hydrogen-bond donors (Lipinski definition) is 1. The van der Waals surface area contributed by atoms with Crippen molar-refractivity contribution >= 4 is 44.2 Å². The summed E-state index contributed by atoms with van der Waals surface area (Å²) in [6.07, 6.45) is 5.64. The van der Waals surface area contributed by atoms with E-state index in [1.807, 2.05) is 4.90 Å². The molecule has 1 aliphatic heterocycles. The van der Waals surface area contributed by atoms with Gasteiger partial charge in [-0.05, 0) is 42.8 Å². The number of anilines is 1. The minimum Gasteiger partial charge on any atom is -0.495 e. The van der Waals surface area contributed by atoms with Crippen molar-refractivity contribution in [3.63, 3.8) is 0 Å². The predicted molar refractivity (Wildman–Crippen MR) is 124 cm³/mol. The minimum absolute atomic E-state index is 0.125. The van der Waals surface area contributed by atoms with Gasteiger partial charge in [-0.2, -0.15) is 0 Å². The van der Waals surface area contributed by atoms with Gasteiger partial charge in [0.25, 0.3) is 0 Å². The van der Waals surface area contributed by atoms with Crippen LogP contribution in [0.3, 0.4) is 0 Å². The lowest BCUT2D eigenvalue weighted by atomic mass is 10.1. The lowest BCUT2D eigenvalue weighted by Crippen LogP contribution is -2.36. The number of benzene rings is 1. The van der Waals surface area contributed by atoms with Crippen LogP contribution in [0.5, 0.6) is 5.75 Å². The number of nitrogen functional groups attached to an aromatic ring is 1. The normalized spacial score (nSPS) is 16.5. The summed E-state index contributed by atoms with van der Waals surface area (Å²) in [7, 11) is 1.70. The number of aromatic nitrogens is 3. The standard InChI is InChI=1S/C23H25N5O2S/c1-13-7-15-9-19(31-21(15)18(8-13)30-3)17-11-27(23-20(17)22(24)25-12-26-23)10-16-5-4-6-28(16)14(2)29/h7-9,11-12,16H,4-6,10H2,1-3H3,(H2,24,25,26). The molecule has 4 aromatic rings. The summed E-state index contributed by atoms with van der Waals surface area (Å²) in [4.78, 5) is 23.9. The van der Waals surface area contributed by atoms with Crippen molar-refractivity contribution in [3.8, 4) is 16.2 Å². The molecule has 0 radical (unpaired) electrons. The van der Waals surface area contributed by atoms with Gasteiger partial charge in [0.05, 0.1) is 17.2 Å². The molecule has 1 amide bonds. The Labute approximate surface area is 184 Å². The first-order valence-electron chi connectivity index (χ1n) is 10.4. The van der Waals surface area contributed by atoms with Gasteiger partial charge in [0.2, 0.25) is 5.91 Å². The molecule has 1 atom stereocenters. The summed E-state index contributed by atoms with van der Waals surface area (Å²) in [5.41, 5.74) is 9.29. The first kappa shape index (κ1) is 19.8. The van der Waals surface area contributed by atoms with E-state index in [1.54, 1.807) is 25.4 Å². The van der Waals surface area contributed by atoms with Crippen LogP contribution in [-0.2, 0) is 11.3 Å². The van der Waals surface area contributed by atoms with Crippen molar-refractivity contribution in [2.75, 3.05) is 19.4 Å². The SMILES string of the molecule is COc1cc(C)cc2cc(-c3cn(CC4CCCN4C(C)=O)c4ncnc(N)c34)sc12. The van der Waals surface area contributed by atoms with E-state index in [1.165, 1.54) is 6.33 Å². The fraction of sp³-hybridized carbons (Fsp3) is 0.348. The molecule has 5 rings (SSSR count). The molecule has 1 aliphatic rings.